The fourth-order valence-corrected chi connectivity index (χ4v) is 2.08. The van der Waals surface area contributed by atoms with Crippen molar-refractivity contribution in [3.8, 4) is 0 Å². The topological polar surface area (TPSA) is 55.0 Å². The number of benzene rings is 1. The first-order valence-corrected chi connectivity index (χ1v) is 5.94. The molecule has 0 radical (unpaired) electrons. The van der Waals surface area contributed by atoms with Crippen molar-refractivity contribution in [2.75, 3.05) is 17.7 Å². The van der Waals surface area contributed by atoms with Gasteiger partial charge in [-0.2, -0.15) is 0 Å². The van der Waals surface area contributed by atoms with E-state index in [4.69, 9.17) is 17.3 Å². The van der Waals surface area contributed by atoms with Crippen LogP contribution in [-0.2, 0) is 6.54 Å². The van der Waals surface area contributed by atoms with E-state index >= 15 is 0 Å². The van der Waals surface area contributed by atoms with Crippen LogP contribution in [0.25, 0.3) is 0 Å². The summed E-state index contributed by atoms with van der Waals surface area (Å²) >= 11 is 7.58. The summed E-state index contributed by atoms with van der Waals surface area (Å²) < 4.78 is 0. The minimum Gasteiger partial charge on any atom is -0.399 e. The van der Waals surface area contributed by atoms with Crippen molar-refractivity contribution < 1.29 is 0 Å². The third-order valence-electron chi connectivity index (χ3n) is 2.15. The predicted molar refractivity (Wildman–Crippen MR) is 67.9 cm³/mol. The molecule has 0 atom stereocenters. The highest BCUT2D eigenvalue weighted by atomic mass is 35.5. The van der Waals surface area contributed by atoms with Crippen molar-refractivity contribution in [1.82, 2.24) is 10.2 Å². The molecule has 1 aromatic heterocycles. The highest BCUT2D eigenvalue weighted by Gasteiger charge is 2.08. The molecule has 84 valence electrons. The van der Waals surface area contributed by atoms with Crippen molar-refractivity contribution in [1.29, 1.82) is 0 Å². The van der Waals surface area contributed by atoms with Crippen molar-refractivity contribution in [2.45, 2.75) is 6.54 Å². The van der Waals surface area contributed by atoms with Gasteiger partial charge in [0.05, 0.1) is 0 Å². The van der Waals surface area contributed by atoms with Crippen LogP contribution in [0, 0.1) is 0 Å². The van der Waals surface area contributed by atoms with Gasteiger partial charge in [0.2, 0.25) is 5.13 Å². The lowest BCUT2D eigenvalue weighted by Gasteiger charge is -2.16. The standard InChI is InChI=1S/C10H11ClN4S/c1-15(10-14-13-6-16-10)5-7-4-8(12)2-3-9(7)11/h2-4,6H,5,12H2,1H3. The molecule has 0 amide bonds. The Labute approximate surface area is 103 Å². The molecule has 2 N–H and O–H groups in total. The Balaban J connectivity index is 2.17. The normalized spacial score (nSPS) is 10.4. The van der Waals surface area contributed by atoms with Gasteiger partial charge in [0.25, 0.3) is 0 Å². The zero-order valence-corrected chi connectivity index (χ0v) is 10.3. The van der Waals surface area contributed by atoms with E-state index in [9.17, 15) is 0 Å². The number of nitrogens with two attached hydrogens (primary N) is 1. The van der Waals surface area contributed by atoms with Crippen LogP contribution >= 0.6 is 22.9 Å². The molecule has 0 spiro atoms. The Morgan fingerprint density at radius 3 is 3.00 bits per heavy atom. The van der Waals surface area contributed by atoms with Crippen LogP contribution in [0.5, 0.6) is 0 Å². The van der Waals surface area contributed by atoms with Gasteiger partial charge in [-0.15, -0.1) is 10.2 Å². The van der Waals surface area contributed by atoms with E-state index in [1.807, 2.05) is 18.0 Å². The molecule has 0 unspecified atom stereocenters. The largest absolute Gasteiger partial charge is 0.399 e. The lowest BCUT2D eigenvalue weighted by Crippen LogP contribution is -2.16. The number of hydrogen-bond donors (Lipinski definition) is 1. The lowest BCUT2D eigenvalue weighted by atomic mass is 10.2. The molecule has 1 heterocycles. The van der Waals surface area contributed by atoms with E-state index in [2.05, 4.69) is 10.2 Å². The number of anilines is 2. The quantitative estimate of drug-likeness (QED) is 0.855. The molecule has 16 heavy (non-hydrogen) atoms. The Hall–Kier alpha value is -1.33. The molecule has 2 aromatic rings. The first kappa shape index (κ1) is 11.2. The second-order valence-corrected chi connectivity index (χ2v) is 4.65. The van der Waals surface area contributed by atoms with Gasteiger partial charge in [-0.05, 0) is 23.8 Å². The highest BCUT2D eigenvalue weighted by Crippen LogP contribution is 2.23. The Morgan fingerprint density at radius 1 is 1.50 bits per heavy atom. The minimum atomic E-state index is 0.666. The van der Waals surface area contributed by atoms with Crippen LogP contribution in [0.3, 0.4) is 0 Å². The second kappa shape index (κ2) is 4.67. The Kier molecular flexibility index (Phi) is 3.26. The monoisotopic (exact) mass is 254 g/mol. The fraction of sp³-hybridized carbons (Fsp3) is 0.200. The molecule has 1 aromatic carbocycles. The zero-order chi connectivity index (χ0) is 11.5. The summed E-state index contributed by atoms with van der Waals surface area (Å²) in [4.78, 5) is 1.98. The summed E-state index contributed by atoms with van der Waals surface area (Å²) in [5.41, 5.74) is 9.12. The van der Waals surface area contributed by atoms with Gasteiger partial charge in [-0.1, -0.05) is 22.9 Å². The van der Waals surface area contributed by atoms with Crippen LogP contribution in [0.15, 0.2) is 23.7 Å². The average Bonchev–Trinajstić information content (AvgIpc) is 2.76. The molecule has 4 nitrogen and oxygen atoms in total. The summed E-state index contributed by atoms with van der Waals surface area (Å²) in [6, 6.07) is 5.47. The predicted octanol–water partition coefficient (Wildman–Crippen LogP) is 2.41. The molecule has 0 aliphatic rings. The minimum absolute atomic E-state index is 0.666. The number of rotatable bonds is 3. The molecule has 0 aliphatic heterocycles. The molecule has 2 rings (SSSR count). The maximum absolute atomic E-state index is 6.09. The summed E-state index contributed by atoms with van der Waals surface area (Å²) in [6.45, 7) is 0.666. The van der Waals surface area contributed by atoms with Gasteiger partial charge in [-0.25, -0.2) is 0 Å². The molecular formula is C10H11ClN4S. The van der Waals surface area contributed by atoms with Gasteiger partial charge in [-0.3, -0.25) is 0 Å². The highest BCUT2D eigenvalue weighted by molar-refractivity contribution is 7.13. The van der Waals surface area contributed by atoms with Crippen molar-refractivity contribution in [2.24, 2.45) is 0 Å². The fourth-order valence-electron chi connectivity index (χ4n) is 1.37. The summed E-state index contributed by atoms with van der Waals surface area (Å²) in [6.07, 6.45) is 0. The van der Waals surface area contributed by atoms with E-state index in [0.717, 1.165) is 10.7 Å². The maximum Gasteiger partial charge on any atom is 0.208 e. The zero-order valence-electron chi connectivity index (χ0n) is 8.72. The van der Waals surface area contributed by atoms with Crippen molar-refractivity contribution in [3.63, 3.8) is 0 Å². The number of nitrogens with zero attached hydrogens (tertiary/aromatic N) is 3. The van der Waals surface area contributed by atoms with Gasteiger partial charge in [0, 0.05) is 24.3 Å². The van der Waals surface area contributed by atoms with Crippen LogP contribution in [0.4, 0.5) is 10.8 Å². The smallest absolute Gasteiger partial charge is 0.208 e. The van der Waals surface area contributed by atoms with Gasteiger partial charge >= 0.3 is 0 Å². The number of aromatic nitrogens is 2. The Bertz CT molecular complexity index is 472. The molecule has 0 fully saturated rings. The SMILES string of the molecule is CN(Cc1cc(N)ccc1Cl)c1nncs1. The first-order valence-electron chi connectivity index (χ1n) is 4.68. The van der Waals surface area contributed by atoms with Gasteiger partial charge in [0.15, 0.2) is 0 Å². The molecule has 6 heteroatoms. The number of halogens is 1. The van der Waals surface area contributed by atoms with E-state index in [1.165, 1.54) is 11.3 Å². The van der Waals surface area contributed by atoms with E-state index < -0.39 is 0 Å². The van der Waals surface area contributed by atoms with E-state index in [0.29, 0.717) is 17.3 Å². The first-order chi connectivity index (χ1) is 7.66. The lowest BCUT2D eigenvalue weighted by molar-refractivity contribution is 0.894. The molecule has 0 saturated heterocycles. The van der Waals surface area contributed by atoms with Crippen LogP contribution in [-0.4, -0.2) is 17.2 Å². The third-order valence-corrected chi connectivity index (χ3v) is 3.32. The van der Waals surface area contributed by atoms with Gasteiger partial charge < -0.3 is 10.6 Å². The molecule has 0 saturated carbocycles. The van der Waals surface area contributed by atoms with E-state index in [1.54, 1.807) is 17.6 Å². The van der Waals surface area contributed by atoms with E-state index in [-0.39, 0.29) is 0 Å². The van der Waals surface area contributed by atoms with Crippen molar-refractivity contribution >= 4 is 33.8 Å². The van der Waals surface area contributed by atoms with Crippen LogP contribution < -0.4 is 10.6 Å². The van der Waals surface area contributed by atoms with Gasteiger partial charge in [0.1, 0.15) is 5.51 Å². The van der Waals surface area contributed by atoms with Crippen LogP contribution in [0.2, 0.25) is 5.02 Å². The van der Waals surface area contributed by atoms with Crippen molar-refractivity contribution in [3.05, 3.63) is 34.3 Å². The molecule has 0 bridgehead atoms. The second-order valence-electron chi connectivity index (χ2n) is 3.43. The summed E-state index contributed by atoms with van der Waals surface area (Å²) in [5.74, 6) is 0. The molecule has 0 aliphatic carbocycles. The maximum atomic E-state index is 6.09. The summed E-state index contributed by atoms with van der Waals surface area (Å²) in [5, 5.41) is 9.35. The third kappa shape index (κ3) is 2.43. The summed E-state index contributed by atoms with van der Waals surface area (Å²) in [7, 11) is 1.94. The molecular weight excluding hydrogens is 244 g/mol. The number of hydrogen-bond acceptors (Lipinski definition) is 5. The number of nitrogen functional groups attached to an aromatic ring is 1. The Morgan fingerprint density at radius 2 is 2.31 bits per heavy atom. The average molecular weight is 255 g/mol. The van der Waals surface area contributed by atoms with Crippen LogP contribution in [0.1, 0.15) is 5.56 Å².